The van der Waals surface area contributed by atoms with Crippen molar-refractivity contribution in [1.29, 1.82) is 0 Å². The molecule has 5 heteroatoms. The van der Waals surface area contributed by atoms with E-state index in [1.807, 2.05) is 7.05 Å². The highest BCUT2D eigenvalue weighted by molar-refractivity contribution is 14.0. The lowest BCUT2D eigenvalue weighted by molar-refractivity contribution is 0.565. The monoisotopic (exact) mass is 464 g/mol. The molecule has 2 aromatic carbocycles. The molecule has 1 saturated heterocycles. The SMILES string of the molecule is CN=C(NCc1ccccc1C)NCC1CCN(c2ccccc2)C1.I. The Labute approximate surface area is 174 Å². The number of aryl methyl sites for hydroxylation is 1. The minimum atomic E-state index is 0. The molecule has 3 rings (SSSR count). The summed E-state index contributed by atoms with van der Waals surface area (Å²) in [6, 6.07) is 19.1. The number of anilines is 1. The van der Waals surface area contributed by atoms with Crippen molar-refractivity contribution in [3.05, 3.63) is 65.7 Å². The van der Waals surface area contributed by atoms with Gasteiger partial charge in [-0.05, 0) is 42.5 Å². The number of nitrogens with one attached hydrogen (secondary N) is 2. The van der Waals surface area contributed by atoms with E-state index in [1.54, 1.807) is 0 Å². The molecule has 2 N–H and O–H groups in total. The first-order chi connectivity index (χ1) is 12.3. The Morgan fingerprint density at radius 3 is 2.54 bits per heavy atom. The van der Waals surface area contributed by atoms with E-state index in [2.05, 4.69) is 82.0 Å². The molecular formula is C21H29IN4. The largest absolute Gasteiger partial charge is 0.371 e. The van der Waals surface area contributed by atoms with E-state index in [0.717, 1.165) is 32.1 Å². The Balaban J connectivity index is 0.00000243. The lowest BCUT2D eigenvalue weighted by Gasteiger charge is -2.19. The fraction of sp³-hybridized carbons (Fsp3) is 0.381. The molecule has 0 radical (unpaired) electrons. The number of halogens is 1. The van der Waals surface area contributed by atoms with Crippen molar-refractivity contribution in [2.75, 3.05) is 31.6 Å². The standard InChI is InChI=1S/C21H28N4.HI/c1-17-8-6-7-9-19(17)15-24-21(22-2)23-14-18-12-13-25(16-18)20-10-4-3-5-11-20;/h3-11,18H,12-16H2,1-2H3,(H2,22,23,24);1H. The van der Waals surface area contributed by atoms with Crippen molar-refractivity contribution in [3.63, 3.8) is 0 Å². The Morgan fingerprint density at radius 1 is 1.08 bits per heavy atom. The predicted octanol–water partition coefficient (Wildman–Crippen LogP) is 3.80. The van der Waals surface area contributed by atoms with Gasteiger partial charge in [-0.15, -0.1) is 24.0 Å². The molecular weight excluding hydrogens is 435 g/mol. The lowest BCUT2D eigenvalue weighted by atomic mass is 10.1. The maximum Gasteiger partial charge on any atom is 0.191 e. The summed E-state index contributed by atoms with van der Waals surface area (Å²) < 4.78 is 0. The first-order valence-electron chi connectivity index (χ1n) is 9.05. The molecule has 4 nitrogen and oxygen atoms in total. The first-order valence-corrected chi connectivity index (χ1v) is 9.05. The molecule has 26 heavy (non-hydrogen) atoms. The van der Waals surface area contributed by atoms with E-state index in [1.165, 1.54) is 23.2 Å². The Bertz CT molecular complexity index is 702. The number of rotatable bonds is 5. The summed E-state index contributed by atoms with van der Waals surface area (Å²) >= 11 is 0. The summed E-state index contributed by atoms with van der Waals surface area (Å²) in [5.41, 5.74) is 3.94. The van der Waals surface area contributed by atoms with Crippen LogP contribution in [-0.4, -0.2) is 32.6 Å². The van der Waals surface area contributed by atoms with Crippen LogP contribution in [0.3, 0.4) is 0 Å². The second kappa shape index (κ2) is 10.4. The van der Waals surface area contributed by atoms with Crippen molar-refractivity contribution < 1.29 is 0 Å². The smallest absolute Gasteiger partial charge is 0.191 e. The molecule has 2 aromatic rings. The topological polar surface area (TPSA) is 39.7 Å². The average Bonchev–Trinajstić information content (AvgIpc) is 3.13. The molecule has 0 spiro atoms. The minimum absolute atomic E-state index is 0. The Hall–Kier alpha value is -1.76. The van der Waals surface area contributed by atoms with Crippen molar-refractivity contribution >= 4 is 35.6 Å². The molecule has 1 aliphatic heterocycles. The number of para-hydroxylation sites is 1. The van der Waals surface area contributed by atoms with Crippen molar-refractivity contribution in [3.8, 4) is 0 Å². The third-order valence-electron chi connectivity index (χ3n) is 4.90. The van der Waals surface area contributed by atoms with Crippen LogP contribution in [-0.2, 0) is 6.54 Å². The zero-order chi connectivity index (χ0) is 17.5. The summed E-state index contributed by atoms with van der Waals surface area (Å²) in [4.78, 5) is 6.82. The lowest BCUT2D eigenvalue weighted by Crippen LogP contribution is -2.40. The van der Waals surface area contributed by atoms with E-state index < -0.39 is 0 Å². The molecule has 1 unspecified atom stereocenters. The fourth-order valence-electron chi connectivity index (χ4n) is 3.32. The van der Waals surface area contributed by atoms with Crippen LogP contribution in [0.4, 0.5) is 5.69 Å². The fourth-order valence-corrected chi connectivity index (χ4v) is 3.32. The average molecular weight is 464 g/mol. The van der Waals surface area contributed by atoms with Gasteiger partial charge in [0.25, 0.3) is 0 Å². The maximum atomic E-state index is 4.35. The zero-order valence-electron chi connectivity index (χ0n) is 15.6. The summed E-state index contributed by atoms with van der Waals surface area (Å²) in [5, 5.41) is 6.90. The van der Waals surface area contributed by atoms with Crippen LogP contribution in [0.5, 0.6) is 0 Å². The predicted molar refractivity (Wildman–Crippen MR) is 122 cm³/mol. The highest BCUT2D eigenvalue weighted by Crippen LogP contribution is 2.22. The Kier molecular flexibility index (Phi) is 8.22. The van der Waals surface area contributed by atoms with Gasteiger partial charge in [-0.25, -0.2) is 0 Å². The molecule has 0 amide bonds. The van der Waals surface area contributed by atoms with Crippen molar-refractivity contribution in [2.45, 2.75) is 19.9 Å². The van der Waals surface area contributed by atoms with Crippen LogP contribution in [0.15, 0.2) is 59.6 Å². The molecule has 1 atom stereocenters. The van der Waals surface area contributed by atoms with Crippen molar-refractivity contribution in [1.82, 2.24) is 10.6 Å². The van der Waals surface area contributed by atoms with Gasteiger partial charge in [-0.3, -0.25) is 4.99 Å². The zero-order valence-corrected chi connectivity index (χ0v) is 17.9. The molecule has 1 aliphatic rings. The molecule has 0 aliphatic carbocycles. The number of guanidine groups is 1. The summed E-state index contributed by atoms with van der Waals surface area (Å²) in [6.07, 6.45) is 1.22. The van der Waals surface area contributed by atoms with E-state index >= 15 is 0 Å². The van der Waals surface area contributed by atoms with Gasteiger partial charge in [0, 0.05) is 38.9 Å². The second-order valence-corrected chi connectivity index (χ2v) is 6.67. The van der Waals surface area contributed by atoms with E-state index in [4.69, 9.17) is 0 Å². The number of nitrogens with zero attached hydrogens (tertiary/aromatic N) is 2. The number of hydrogen-bond acceptors (Lipinski definition) is 2. The van der Waals surface area contributed by atoms with Gasteiger partial charge in [-0.2, -0.15) is 0 Å². The summed E-state index contributed by atoms with van der Waals surface area (Å²) in [5.74, 6) is 1.53. The van der Waals surface area contributed by atoms with E-state index in [9.17, 15) is 0 Å². The third-order valence-corrected chi connectivity index (χ3v) is 4.90. The second-order valence-electron chi connectivity index (χ2n) is 6.67. The van der Waals surface area contributed by atoms with E-state index in [0.29, 0.717) is 5.92 Å². The molecule has 0 aromatic heterocycles. The van der Waals surface area contributed by atoms with Crippen LogP contribution in [0, 0.1) is 12.8 Å². The van der Waals surface area contributed by atoms with Gasteiger partial charge < -0.3 is 15.5 Å². The van der Waals surface area contributed by atoms with Crippen LogP contribution in [0.25, 0.3) is 0 Å². The third kappa shape index (κ3) is 5.62. The minimum Gasteiger partial charge on any atom is -0.371 e. The first kappa shape index (κ1) is 20.6. The van der Waals surface area contributed by atoms with E-state index in [-0.39, 0.29) is 24.0 Å². The molecule has 0 saturated carbocycles. The van der Waals surface area contributed by atoms with Gasteiger partial charge in [0.15, 0.2) is 5.96 Å². The molecule has 1 fully saturated rings. The van der Waals surface area contributed by atoms with Crippen LogP contribution in [0.1, 0.15) is 17.5 Å². The van der Waals surface area contributed by atoms with Gasteiger partial charge >= 0.3 is 0 Å². The summed E-state index contributed by atoms with van der Waals surface area (Å²) in [7, 11) is 1.83. The number of aliphatic imine (C=N–C) groups is 1. The van der Waals surface area contributed by atoms with Crippen LogP contribution >= 0.6 is 24.0 Å². The van der Waals surface area contributed by atoms with Gasteiger partial charge in [0.1, 0.15) is 0 Å². The van der Waals surface area contributed by atoms with Gasteiger partial charge in [0.05, 0.1) is 0 Å². The summed E-state index contributed by atoms with van der Waals surface area (Å²) in [6.45, 7) is 6.13. The van der Waals surface area contributed by atoms with Crippen LogP contribution < -0.4 is 15.5 Å². The molecule has 1 heterocycles. The molecule has 140 valence electrons. The molecule has 0 bridgehead atoms. The highest BCUT2D eigenvalue weighted by atomic mass is 127. The normalized spacial score (nSPS) is 16.9. The number of hydrogen-bond donors (Lipinski definition) is 2. The van der Waals surface area contributed by atoms with Crippen molar-refractivity contribution in [2.24, 2.45) is 10.9 Å². The number of benzene rings is 2. The Morgan fingerprint density at radius 2 is 1.81 bits per heavy atom. The van der Waals surface area contributed by atoms with Crippen LogP contribution in [0.2, 0.25) is 0 Å². The highest BCUT2D eigenvalue weighted by Gasteiger charge is 2.22. The van der Waals surface area contributed by atoms with Gasteiger partial charge in [-0.1, -0.05) is 42.5 Å². The van der Waals surface area contributed by atoms with Gasteiger partial charge in [0.2, 0.25) is 0 Å². The quantitative estimate of drug-likeness (QED) is 0.402. The maximum absolute atomic E-state index is 4.35.